The molecular formula is C14H9BrCl3NO. The van der Waals surface area contributed by atoms with Gasteiger partial charge in [0, 0.05) is 20.1 Å². The summed E-state index contributed by atoms with van der Waals surface area (Å²) < 4.78 is 6.90. The summed E-state index contributed by atoms with van der Waals surface area (Å²) in [6, 6.07) is 9.17. The lowest BCUT2D eigenvalue weighted by atomic mass is 10.1. The van der Waals surface area contributed by atoms with E-state index in [-0.39, 0.29) is 6.10 Å². The highest BCUT2D eigenvalue weighted by Crippen LogP contribution is 2.42. The van der Waals surface area contributed by atoms with Crippen LogP contribution in [-0.2, 0) is 0 Å². The molecule has 20 heavy (non-hydrogen) atoms. The third-order valence-electron chi connectivity index (χ3n) is 3.06. The van der Waals surface area contributed by atoms with Crippen LogP contribution < -0.4 is 10.1 Å². The first-order chi connectivity index (χ1) is 9.54. The van der Waals surface area contributed by atoms with Crippen molar-refractivity contribution in [3.05, 3.63) is 55.4 Å². The molecule has 0 saturated heterocycles. The SMILES string of the molecule is Clc1cc(Cl)c2c(c1)NCC(c1ccc(Br)cc1Cl)O2. The number of fused-ring (bicyclic) bond motifs is 1. The van der Waals surface area contributed by atoms with Crippen LogP contribution in [0.25, 0.3) is 0 Å². The van der Waals surface area contributed by atoms with Crippen molar-refractivity contribution in [3.63, 3.8) is 0 Å². The summed E-state index contributed by atoms with van der Waals surface area (Å²) in [6.07, 6.45) is -0.193. The molecule has 6 heteroatoms. The molecule has 1 atom stereocenters. The molecule has 2 aromatic rings. The maximum absolute atomic E-state index is 6.26. The van der Waals surface area contributed by atoms with Crippen molar-refractivity contribution >= 4 is 56.4 Å². The van der Waals surface area contributed by atoms with Crippen molar-refractivity contribution in [2.24, 2.45) is 0 Å². The Hall–Kier alpha value is -0.610. The van der Waals surface area contributed by atoms with E-state index in [2.05, 4.69) is 21.2 Å². The van der Waals surface area contributed by atoms with Gasteiger partial charge >= 0.3 is 0 Å². The van der Waals surface area contributed by atoms with E-state index < -0.39 is 0 Å². The van der Waals surface area contributed by atoms with Gasteiger partial charge in [0.1, 0.15) is 6.10 Å². The fraction of sp³-hybridized carbons (Fsp3) is 0.143. The summed E-state index contributed by atoms with van der Waals surface area (Å²) in [4.78, 5) is 0. The summed E-state index contributed by atoms with van der Waals surface area (Å²) in [5, 5.41) is 4.98. The van der Waals surface area contributed by atoms with Gasteiger partial charge < -0.3 is 10.1 Å². The van der Waals surface area contributed by atoms with Crippen LogP contribution >= 0.6 is 50.7 Å². The van der Waals surface area contributed by atoms with E-state index >= 15 is 0 Å². The van der Waals surface area contributed by atoms with E-state index in [9.17, 15) is 0 Å². The van der Waals surface area contributed by atoms with Gasteiger partial charge in [-0.05, 0) is 24.3 Å². The van der Waals surface area contributed by atoms with Crippen LogP contribution in [-0.4, -0.2) is 6.54 Å². The number of benzene rings is 2. The standard InChI is InChI=1S/C14H9BrCl3NO/c15-7-1-2-9(10(17)3-7)13-6-19-12-5-8(16)4-11(18)14(12)20-13/h1-5,13,19H,6H2. The summed E-state index contributed by atoms with van der Waals surface area (Å²) in [7, 11) is 0. The van der Waals surface area contributed by atoms with Gasteiger partial charge in [0.05, 0.1) is 17.3 Å². The van der Waals surface area contributed by atoms with E-state index in [0.717, 1.165) is 15.7 Å². The second-order valence-corrected chi connectivity index (χ2v) is 6.58. The summed E-state index contributed by atoms with van der Waals surface area (Å²) in [6.45, 7) is 0.602. The average molecular weight is 393 g/mol. The van der Waals surface area contributed by atoms with Crippen LogP contribution in [0.5, 0.6) is 5.75 Å². The van der Waals surface area contributed by atoms with Crippen molar-refractivity contribution in [2.45, 2.75) is 6.10 Å². The van der Waals surface area contributed by atoms with E-state index in [1.165, 1.54) is 0 Å². The lowest BCUT2D eigenvalue weighted by molar-refractivity contribution is 0.211. The molecule has 0 radical (unpaired) electrons. The molecular weight excluding hydrogens is 384 g/mol. The van der Waals surface area contributed by atoms with Crippen molar-refractivity contribution < 1.29 is 4.74 Å². The Morgan fingerprint density at radius 1 is 1.10 bits per heavy atom. The third kappa shape index (κ3) is 2.73. The Morgan fingerprint density at radius 3 is 2.65 bits per heavy atom. The number of anilines is 1. The van der Waals surface area contributed by atoms with Gasteiger partial charge in [-0.3, -0.25) is 0 Å². The first kappa shape index (κ1) is 14.3. The van der Waals surface area contributed by atoms with Gasteiger partial charge in [-0.15, -0.1) is 0 Å². The van der Waals surface area contributed by atoms with Crippen LogP contribution in [0.1, 0.15) is 11.7 Å². The molecule has 0 bridgehead atoms. The predicted molar refractivity (Wildman–Crippen MR) is 87.5 cm³/mol. The van der Waals surface area contributed by atoms with E-state index in [4.69, 9.17) is 39.5 Å². The van der Waals surface area contributed by atoms with Crippen molar-refractivity contribution in [1.82, 2.24) is 0 Å². The molecule has 2 aromatic carbocycles. The minimum absolute atomic E-state index is 0.193. The predicted octanol–water partition coefficient (Wildman–Crippen LogP) is 5.95. The zero-order valence-corrected chi connectivity index (χ0v) is 13.9. The molecule has 3 rings (SSSR count). The Morgan fingerprint density at radius 2 is 1.90 bits per heavy atom. The van der Waals surface area contributed by atoms with E-state index in [0.29, 0.717) is 27.4 Å². The van der Waals surface area contributed by atoms with Crippen molar-refractivity contribution in [2.75, 3.05) is 11.9 Å². The number of rotatable bonds is 1. The largest absolute Gasteiger partial charge is 0.480 e. The molecule has 0 fully saturated rings. The minimum atomic E-state index is -0.193. The molecule has 1 aliphatic rings. The number of hydrogen-bond donors (Lipinski definition) is 1. The zero-order valence-electron chi connectivity index (χ0n) is 10.1. The van der Waals surface area contributed by atoms with Gasteiger partial charge in [-0.1, -0.05) is 56.8 Å². The van der Waals surface area contributed by atoms with Crippen LogP contribution in [0.3, 0.4) is 0 Å². The lowest BCUT2D eigenvalue weighted by Crippen LogP contribution is -2.24. The zero-order chi connectivity index (χ0) is 14.3. The second kappa shape index (κ2) is 5.64. The highest BCUT2D eigenvalue weighted by atomic mass is 79.9. The summed E-state index contributed by atoms with van der Waals surface area (Å²) >= 11 is 21.8. The Bertz CT molecular complexity index is 678. The quantitative estimate of drug-likeness (QED) is 0.646. The molecule has 0 spiro atoms. The van der Waals surface area contributed by atoms with E-state index in [1.54, 1.807) is 12.1 Å². The molecule has 1 N–H and O–H groups in total. The summed E-state index contributed by atoms with van der Waals surface area (Å²) in [5.74, 6) is 0.603. The number of halogens is 4. The highest BCUT2D eigenvalue weighted by Gasteiger charge is 2.25. The first-order valence-corrected chi connectivity index (χ1v) is 7.82. The number of nitrogens with one attached hydrogen (secondary N) is 1. The fourth-order valence-corrected chi connectivity index (χ4v) is 3.47. The molecule has 1 aliphatic heterocycles. The van der Waals surface area contributed by atoms with Gasteiger partial charge in [-0.2, -0.15) is 0 Å². The van der Waals surface area contributed by atoms with Crippen LogP contribution in [0.2, 0.25) is 15.1 Å². The third-order valence-corrected chi connectivity index (χ3v) is 4.38. The molecule has 0 aliphatic carbocycles. The second-order valence-electron chi connectivity index (χ2n) is 4.42. The maximum Gasteiger partial charge on any atom is 0.162 e. The Labute approximate surface area is 140 Å². The normalized spacial score (nSPS) is 17.1. The number of hydrogen-bond acceptors (Lipinski definition) is 2. The summed E-state index contributed by atoms with van der Waals surface area (Å²) in [5.41, 5.74) is 1.71. The smallest absolute Gasteiger partial charge is 0.162 e. The topological polar surface area (TPSA) is 21.3 Å². The Kier molecular flexibility index (Phi) is 4.04. The van der Waals surface area contributed by atoms with Gasteiger partial charge in [0.15, 0.2) is 5.75 Å². The molecule has 1 unspecified atom stereocenters. The number of ether oxygens (including phenoxy) is 1. The first-order valence-electron chi connectivity index (χ1n) is 5.89. The molecule has 2 nitrogen and oxygen atoms in total. The van der Waals surface area contributed by atoms with Crippen molar-refractivity contribution in [1.29, 1.82) is 0 Å². The average Bonchev–Trinajstić information content (AvgIpc) is 2.38. The van der Waals surface area contributed by atoms with Gasteiger partial charge in [-0.25, -0.2) is 0 Å². The maximum atomic E-state index is 6.26. The molecule has 0 saturated carbocycles. The van der Waals surface area contributed by atoms with Crippen LogP contribution in [0, 0.1) is 0 Å². The lowest BCUT2D eigenvalue weighted by Gasteiger charge is -2.29. The molecule has 1 heterocycles. The van der Waals surface area contributed by atoms with Gasteiger partial charge in [0.25, 0.3) is 0 Å². The molecule has 0 aromatic heterocycles. The molecule has 104 valence electrons. The van der Waals surface area contributed by atoms with Crippen LogP contribution in [0.15, 0.2) is 34.8 Å². The van der Waals surface area contributed by atoms with Crippen molar-refractivity contribution in [3.8, 4) is 5.75 Å². The monoisotopic (exact) mass is 391 g/mol. The Balaban J connectivity index is 1.96. The van der Waals surface area contributed by atoms with Crippen LogP contribution in [0.4, 0.5) is 5.69 Å². The highest BCUT2D eigenvalue weighted by molar-refractivity contribution is 9.10. The molecule has 0 amide bonds. The fourth-order valence-electron chi connectivity index (χ4n) is 2.13. The minimum Gasteiger partial charge on any atom is -0.480 e. The van der Waals surface area contributed by atoms with Gasteiger partial charge in [0.2, 0.25) is 0 Å². The van der Waals surface area contributed by atoms with E-state index in [1.807, 2.05) is 18.2 Å².